The van der Waals surface area contributed by atoms with Crippen LogP contribution in [0.2, 0.25) is 0 Å². The van der Waals surface area contributed by atoms with E-state index in [0.29, 0.717) is 23.8 Å². The molecule has 1 atom stereocenters. The number of piperidine rings is 1. The van der Waals surface area contributed by atoms with Crippen molar-refractivity contribution in [3.8, 4) is 0 Å². The van der Waals surface area contributed by atoms with E-state index in [2.05, 4.69) is 4.90 Å². The first kappa shape index (κ1) is 16.5. The Morgan fingerprint density at radius 1 is 1.17 bits per heavy atom. The van der Waals surface area contributed by atoms with Crippen molar-refractivity contribution in [1.29, 1.82) is 0 Å². The van der Waals surface area contributed by atoms with Crippen LogP contribution in [0.1, 0.15) is 54.6 Å². The summed E-state index contributed by atoms with van der Waals surface area (Å²) in [6.07, 6.45) is 9.28. The second-order valence-electron chi connectivity index (χ2n) is 6.98. The van der Waals surface area contributed by atoms with E-state index >= 15 is 0 Å². The van der Waals surface area contributed by atoms with Crippen molar-refractivity contribution < 1.29 is 9.21 Å². The van der Waals surface area contributed by atoms with Gasteiger partial charge >= 0.3 is 0 Å². The average Bonchev–Trinajstić information content (AvgIpc) is 2.92. The molecule has 0 bridgehead atoms. The van der Waals surface area contributed by atoms with Gasteiger partial charge in [0, 0.05) is 19.6 Å². The summed E-state index contributed by atoms with van der Waals surface area (Å²) < 4.78 is 5.31. The Bertz CT molecular complexity index is 506. The molecule has 23 heavy (non-hydrogen) atoms. The van der Waals surface area contributed by atoms with Gasteiger partial charge in [-0.15, -0.1) is 0 Å². The second-order valence-corrected chi connectivity index (χ2v) is 6.98. The highest BCUT2D eigenvalue weighted by Gasteiger charge is 2.26. The fourth-order valence-corrected chi connectivity index (χ4v) is 3.86. The van der Waals surface area contributed by atoms with Gasteiger partial charge in [-0.3, -0.25) is 4.79 Å². The van der Waals surface area contributed by atoms with Crippen molar-refractivity contribution in [3.63, 3.8) is 0 Å². The zero-order valence-electron chi connectivity index (χ0n) is 14.0. The Hall–Kier alpha value is -1.33. The maximum absolute atomic E-state index is 12.6. The Balaban J connectivity index is 1.55. The first-order chi connectivity index (χ1) is 11.3. The fourth-order valence-electron chi connectivity index (χ4n) is 3.86. The van der Waals surface area contributed by atoms with Gasteiger partial charge in [0.2, 0.25) is 0 Å². The lowest BCUT2D eigenvalue weighted by Gasteiger charge is -2.35. The Kier molecular flexibility index (Phi) is 5.73. The topological polar surface area (TPSA) is 62.7 Å². The molecule has 1 aromatic heterocycles. The molecule has 2 saturated heterocycles. The predicted molar refractivity (Wildman–Crippen MR) is 90.1 cm³/mol. The van der Waals surface area contributed by atoms with Crippen LogP contribution in [0.15, 0.2) is 16.7 Å². The lowest BCUT2D eigenvalue weighted by Crippen LogP contribution is -2.43. The highest BCUT2D eigenvalue weighted by atomic mass is 16.3. The van der Waals surface area contributed by atoms with E-state index in [-0.39, 0.29) is 5.91 Å². The molecule has 2 N–H and O–H groups in total. The molecule has 0 aliphatic carbocycles. The predicted octanol–water partition coefficient (Wildman–Crippen LogP) is 2.47. The van der Waals surface area contributed by atoms with Gasteiger partial charge in [-0.2, -0.15) is 0 Å². The van der Waals surface area contributed by atoms with Crippen LogP contribution in [0.4, 0.5) is 0 Å². The van der Waals surface area contributed by atoms with Crippen LogP contribution in [0.5, 0.6) is 0 Å². The number of amides is 1. The molecule has 0 radical (unpaired) electrons. The summed E-state index contributed by atoms with van der Waals surface area (Å²) in [5, 5.41) is 0. The minimum Gasteiger partial charge on any atom is -0.467 e. The minimum absolute atomic E-state index is 0.0917. The van der Waals surface area contributed by atoms with Crippen molar-refractivity contribution in [3.05, 3.63) is 23.7 Å². The molecule has 1 unspecified atom stereocenters. The number of hydrogen-bond donors (Lipinski definition) is 1. The number of likely N-dealkylation sites (tertiary alicyclic amines) is 2. The Labute approximate surface area is 138 Å². The molecule has 1 aromatic rings. The number of carbonyl (C=O) groups excluding carboxylic acids is 1. The lowest BCUT2D eigenvalue weighted by molar-refractivity contribution is 0.0640. The molecular formula is C18H29N3O2. The minimum atomic E-state index is 0.0917. The molecule has 128 valence electrons. The van der Waals surface area contributed by atoms with E-state index in [9.17, 15) is 4.79 Å². The smallest absolute Gasteiger partial charge is 0.257 e. The molecule has 0 spiro atoms. The quantitative estimate of drug-likeness (QED) is 0.926. The molecule has 3 heterocycles. The summed E-state index contributed by atoms with van der Waals surface area (Å²) in [6, 6.07) is 1.78. The van der Waals surface area contributed by atoms with E-state index < -0.39 is 0 Å². The fraction of sp³-hybridized carbons (Fsp3) is 0.722. The van der Waals surface area contributed by atoms with Crippen LogP contribution in [0.25, 0.3) is 0 Å². The van der Waals surface area contributed by atoms with Gasteiger partial charge in [0.1, 0.15) is 12.0 Å². The van der Waals surface area contributed by atoms with Crippen LogP contribution in [0.3, 0.4) is 0 Å². The number of furan rings is 1. The third kappa shape index (κ3) is 4.36. The highest BCUT2D eigenvalue weighted by Crippen LogP contribution is 2.22. The third-order valence-corrected chi connectivity index (χ3v) is 5.12. The van der Waals surface area contributed by atoms with E-state index in [1.165, 1.54) is 45.2 Å². The summed E-state index contributed by atoms with van der Waals surface area (Å²) in [6.45, 7) is 5.67. The van der Waals surface area contributed by atoms with Crippen LogP contribution in [-0.4, -0.2) is 48.4 Å². The number of hydrogen-bond acceptors (Lipinski definition) is 4. The number of rotatable bonds is 4. The standard InChI is InChI=1S/C18H29N3O2/c19-11-17-10-16(14-23-17)18(22)21-9-5-6-15(13-21)12-20-7-3-1-2-4-8-20/h10,14-15H,1-9,11-13,19H2. The SMILES string of the molecule is NCc1cc(C(=O)N2CCCC(CN3CCCCCC3)C2)co1. The van der Waals surface area contributed by atoms with Crippen molar-refractivity contribution in [1.82, 2.24) is 9.80 Å². The van der Waals surface area contributed by atoms with Crippen molar-refractivity contribution in [2.24, 2.45) is 11.7 Å². The summed E-state index contributed by atoms with van der Waals surface area (Å²) in [5.74, 6) is 1.37. The van der Waals surface area contributed by atoms with Gasteiger partial charge in [0.05, 0.1) is 12.1 Å². The Morgan fingerprint density at radius 2 is 1.96 bits per heavy atom. The van der Waals surface area contributed by atoms with Crippen molar-refractivity contribution in [2.45, 2.75) is 45.1 Å². The molecule has 2 aliphatic heterocycles. The maximum Gasteiger partial charge on any atom is 0.257 e. The highest BCUT2D eigenvalue weighted by molar-refractivity contribution is 5.94. The molecule has 1 amide bonds. The van der Waals surface area contributed by atoms with E-state index in [1.54, 1.807) is 12.3 Å². The first-order valence-corrected chi connectivity index (χ1v) is 9.05. The summed E-state index contributed by atoms with van der Waals surface area (Å²) in [7, 11) is 0. The van der Waals surface area contributed by atoms with Crippen molar-refractivity contribution in [2.75, 3.05) is 32.7 Å². The maximum atomic E-state index is 12.6. The number of nitrogens with zero attached hydrogens (tertiary/aromatic N) is 2. The van der Waals surface area contributed by atoms with Gasteiger partial charge in [-0.1, -0.05) is 12.8 Å². The molecule has 5 heteroatoms. The molecular weight excluding hydrogens is 290 g/mol. The van der Waals surface area contributed by atoms with Crippen molar-refractivity contribution >= 4 is 5.91 Å². The average molecular weight is 319 g/mol. The van der Waals surface area contributed by atoms with Crippen LogP contribution < -0.4 is 5.73 Å². The molecule has 5 nitrogen and oxygen atoms in total. The second kappa shape index (κ2) is 7.97. The van der Waals surface area contributed by atoms with Crippen LogP contribution in [-0.2, 0) is 6.54 Å². The molecule has 0 saturated carbocycles. The molecule has 2 fully saturated rings. The first-order valence-electron chi connectivity index (χ1n) is 9.05. The molecule has 3 rings (SSSR count). The van der Waals surface area contributed by atoms with Gasteiger partial charge < -0.3 is 20.0 Å². The normalized spacial score (nSPS) is 23.7. The summed E-state index contributed by atoms with van der Waals surface area (Å²) in [5.41, 5.74) is 6.20. The summed E-state index contributed by atoms with van der Waals surface area (Å²) in [4.78, 5) is 17.2. The van der Waals surface area contributed by atoms with E-state index in [1.807, 2.05) is 4.90 Å². The van der Waals surface area contributed by atoms with Crippen LogP contribution in [0, 0.1) is 5.92 Å². The van der Waals surface area contributed by atoms with Crippen LogP contribution >= 0.6 is 0 Å². The monoisotopic (exact) mass is 319 g/mol. The summed E-state index contributed by atoms with van der Waals surface area (Å²) >= 11 is 0. The zero-order valence-corrected chi connectivity index (χ0v) is 14.0. The van der Waals surface area contributed by atoms with E-state index in [4.69, 9.17) is 10.2 Å². The zero-order chi connectivity index (χ0) is 16.1. The van der Waals surface area contributed by atoms with Gasteiger partial charge in [0.15, 0.2) is 0 Å². The van der Waals surface area contributed by atoms with E-state index in [0.717, 1.165) is 26.1 Å². The number of carbonyl (C=O) groups is 1. The molecule has 2 aliphatic rings. The number of nitrogens with two attached hydrogens (primary N) is 1. The largest absolute Gasteiger partial charge is 0.467 e. The van der Waals surface area contributed by atoms with Gasteiger partial charge in [-0.05, 0) is 50.8 Å². The third-order valence-electron chi connectivity index (χ3n) is 5.12. The lowest BCUT2D eigenvalue weighted by atomic mass is 9.96. The van der Waals surface area contributed by atoms with Gasteiger partial charge in [0.25, 0.3) is 5.91 Å². The molecule has 0 aromatic carbocycles. The Morgan fingerprint density at radius 3 is 2.65 bits per heavy atom. The van der Waals surface area contributed by atoms with Gasteiger partial charge in [-0.25, -0.2) is 0 Å².